The molecule has 1 aliphatic rings. The molecule has 0 fully saturated rings. The molecule has 0 aliphatic carbocycles. The van der Waals surface area contributed by atoms with Gasteiger partial charge in [0.1, 0.15) is 0 Å². The number of carbonyl (C=O) groups excluding carboxylic acids is 1. The number of benzene rings is 5. The van der Waals surface area contributed by atoms with Gasteiger partial charge in [-0.2, -0.15) is 13.2 Å². The molecule has 1 aromatic heterocycles. The molecule has 2 heterocycles. The van der Waals surface area contributed by atoms with Crippen LogP contribution in [0.1, 0.15) is 21.5 Å². The molecule has 0 unspecified atom stereocenters. The van der Waals surface area contributed by atoms with Gasteiger partial charge >= 0.3 is 6.18 Å². The Morgan fingerprint density at radius 2 is 1.36 bits per heavy atom. The lowest BCUT2D eigenvalue weighted by molar-refractivity contribution is -0.137. The number of hydrogen-bond acceptors (Lipinski definition) is 1. The summed E-state index contributed by atoms with van der Waals surface area (Å²) in [5, 5.41) is 1.97. The molecule has 3 nitrogen and oxygen atoms in total. The molecule has 6 heteroatoms. The summed E-state index contributed by atoms with van der Waals surface area (Å²) in [6, 6.07) is 34.5. The summed E-state index contributed by atoms with van der Waals surface area (Å²) in [6.45, 7) is 0.467. The summed E-state index contributed by atoms with van der Waals surface area (Å²) in [4.78, 5) is 15.7. The summed E-state index contributed by atoms with van der Waals surface area (Å²) in [7, 11) is 0. The number of halogens is 3. The highest BCUT2D eigenvalue weighted by molar-refractivity contribution is 6.17. The van der Waals surface area contributed by atoms with Gasteiger partial charge in [-0.3, -0.25) is 4.79 Å². The smallest absolute Gasteiger partial charge is 0.308 e. The summed E-state index contributed by atoms with van der Waals surface area (Å²) >= 11 is 0. The summed E-state index contributed by atoms with van der Waals surface area (Å²) < 4.78 is 41.9. The third-order valence-electron chi connectivity index (χ3n) is 7.44. The van der Waals surface area contributed by atoms with Crippen molar-refractivity contribution in [2.45, 2.75) is 12.7 Å². The van der Waals surface area contributed by atoms with E-state index in [0.717, 1.165) is 56.4 Å². The number of para-hydroxylation sites is 3. The van der Waals surface area contributed by atoms with Gasteiger partial charge < -0.3 is 9.47 Å². The van der Waals surface area contributed by atoms with Crippen LogP contribution >= 0.6 is 0 Å². The molecule has 0 spiro atoms. The quantitative estimate of drug-likeness (QED) is 0.230. The van der Waals surface area contributed by atoms with Gasteiger partial charge in [0, 0.05) is 22.0 Å². The number of hydrogen-bond donors (Lipinski definition) is 0. The Balaban J connectivity index is 1.49. The molecule has 1 amide bonds. The maximum Gasteiger partial charge on any atom is 0.416 e. The van der Waals surface area contributed by atoms with Gasteiger partial charge in [-0.25, -0.2) is 0 Å². The number of fused-ring (bicyclic) bond motifs is 4. The number of amides is 1. The van der Waals surface area contributed by atoms with Gasteiger partial charge in [-0.1, -0.05) is 78.9 Å². The van der Waals surface area contributed by atoms with Crippen LogP contribution in [0.5, 0.6) is 0 Å². The van der Waals surface area contributed by atoms with Gasteiger partial charge in [-0.15, -0.1) is 0 Å². The fraction of sp³-hybridized carbons (Fsp3) is 0.0606. The van der Waals surface area contributed by atoms with Crippen molar-refractivity contribution in [3.05, 3.63) is 132 Å². The minimum Gasteiger partial charge on any atom is -0.308 e. The Labute approximate surface area is 222 Å². The fourth-order valence-electron chi connectivity index (χ4n) is 5.69. The van der Waals surface area contributed by atoms with Crippen LogP contribution in [0.2, 0.25) is 0 Å². The van der Waals surface area contributed by atoms with Gasteiger partial charge in [-0.05, 0) is 47.5 Å². The molecule has 0 saturated carbocycles. The van der Waals surface area contributed by atoms with E-state index in [-0.39, 0.29) is 5.91 Å². The highest BCUT2D eigenvalue weighted by atomic mass is 19.4. The Kier molecular flexibility index (Phi) is 5.13. The maximum absolute atomic E-state index is 13.9. The predicted molar refractivity (Wildman–Crippen MR) is 148 cm³/mol. The second kappa shape index (κ2) is 8.60. The van der Waals surface area contributed by atoms with E-state index in [0.29, 0.717) is 17.7 Å². The first-order valence-corrected chi connectivity index (χ1v) is 12.6. The lowest BCUT2D eigenvalue weighted by Crippen LogP contribution is -2.23. The number of rotatable bonds is 3. The average Bonchev–Trinajstić information content (AvgIpc) is 3.48. The van der Waals surface area contributed by atoms with E-state index in [1.807, 2.05) is 91.0 Å². The zero-order valence-corrected chi connectivity index (χ0v) is 20.6. The number of anilines is 1. The molecule has 0 atom stereocenters. The van der Waals surface area contributed by atoms with Gasteiger partial charge in [0.15, 0.2) is 0 Å². The van der Waals surface area contributed by atoms with Crippen molar-refractivity contribution in [1.82, 2.24) is 4.57 Å². The first-order chi connectivity index (χ1) is 18.9. The molecule has 5 aromatic carbocycles. The molecule has 0 N–H and O–H groups in total. The monoisotopic (exact) mass is 518 g/mol. The second-order valence-electron chi connectivity index (χ2n) is 9.67. The normalized spacial score (nSPS) is 13.4. The molecule has 39 heavy (non-hydrogen) atoms. The van der Waals surface area contributed by atoms with Crippen LogP contribution in [0.4, 0.5) is 18.9 Å². The first kappa shape index (κ1) is 23.3. The minimum atomic E-state index is -4.41. The van der Waals surface area contributed by atoms with Crippen molar-refractivity contribution in [1.29, 1.82) is 0 Å². The second-order valence-corrected chi connectivity index (χ2v) is 9.67. The van der Waals surface area contributed by atoms with Crippen molar-refractivity contribution >= 4 is 33.4 Å². The summed E-state index contributed by atoms with van der Waals surface area (Å²) in [5.74, 6) is -0.0789. The SMILES string of the molecule is O=C1c2c(cccc2-n2c3ccccc3c3cccc(-c4ccc(C(F)(F)F)cc4)c32)CN1c1ccccc1. The lowest BCUT2D eigenvalue weighted by atomic mass is 10.0. The van der Waals surface area contributed by atoms with E-state index in [2.05, 4.69) is 4.57 Å². The average molecular weight is 519 g/mol. The number of aromatic nitrogens is 1. The van der Waals surface area contributed by atoms with Crippen LogP contribution in [-0.4, -0.2) is 10.5 Å². The fourth-order valence-corrected chi connectivity index (χ4v) is 5.69. The molecule has 0 bridgehead atoms. The number of nitrogens with zero attached hydrogens (tertiary/aromatic N) is 2. The zero-order chi connectivity index (χ0) is 26.7. The third kappa shape index (κ3) is 3.63. The van der Waals surface area contributed by atoms with Crippen molar-refractivity contribution in [3.8, 4) is 16.8 Å². The molecular weight excluding hydrogens is 497 g/mol. The lowest BCUT2D eigenvalue weighted by Gasteiger charge is -2.17. The van der Waals surface area contributed by atoms with Gasteiger partial charge in [0.2, 0.25) is 0 Å². The van der Waals surface area contributed by atoms with Crippen LogP contribution in [0.25, 0.3) is 38.6 Å². The van der Waals surface area contributed by atoms with E-state index in [1.165, 1.54) is 12.1 Å². The summed E-state index contributed by atoms with van der Waals surface area (Å²) in [5.41, 5.74) is 5.68. The van der Waals surface area contributed by atoms with Crippen molar-refractivity contribution < 1.29 is 18.0 Å². The molecular formula is C33H21F3N2O. The standard InChI is InChI=1S/C33H21F3N2O/c34-33(35,36)23-18-16-21(17-19-23)25-12-7-13-27-26-11-4-5-14-28(26)38(31(25)27)29-15-6-8-22-20-37(32(39)30(22)29)24-9-2-1-3-10-24/h1-19H,20H2. The van der Waals surface area contributed by atoms with Crippen LogP contribution in [0.15, 0.2) is 115 Å². The highest BCUT2D eigenvalue weighted by Crippen LogP contribution is 2.41. The van der Waals surface area contributed by atoms with Crippen LogP contribution in [-0.2, 0) is 12.7 Å². The predicted octanol–water partition coefficient (Wildman–Crippen LogP) is 8.63. The van der Waals surface area contributed by atoms with Gasteiger partial charge in [0.05, 0.1) is 34.4 Å². The van der Waals surface area contributed by atoms with Crippen LogP contribution in [0.3, 0.4) is 0 Å². The van der Waals surface area contributed by atoms with Crippen molar-refractivity contribution in [3.63, 3.8) is 0 Å². The highest BCUT2D eigenvalue weighted by Gasteiger charge is 2.33. The molecule has 7 rings (SSSR count). The van der Waals surface area contributed by atoms with Crippen molar-refractivity contribution in [2.24, 2.45) is 0 Å². The Hall–Kier alpha value is -4.84. The van der Waals surface area contributed by atoms with E-state index in [4.69, 9.17) is 0 Å². The number of alkyl halides is 3. The van der Waals surface area contributed by atoms with Crippen molar-refractivity contribution in [2.75, 3.05) is 4.90 Å². The van der Waals surface area contributed by atoms with Crippen LogP contribution in [0, 0.1) is 0 Å². The molecule has 0 radical (unpaired) electrons. The molecule has 6 aromatic rings. The van der Waals surface area contributed by atoms with E-state index in [9.17, 15) is 18.0 Å². The Morgan fingerprint density at radius 1 is 0.667 bits per heavy atom. The number of carbonyl (C=O) groups is 1. The summed E-state index contributed by atoms with van der Waals surface area (Å²) in [6.07, 6.45) is -4.41. The van der Waals surface area contributed by atoms with E-state index in [1.54, 1.807) is 4.90 Å². The first-order valence-electron chi connectivity index (χ1n) is 12.6. The largest absolute Gasteiger partial charge is 0.416 e. The van der Waals surface area contributed by atoms with Crippen LogP contribution < -0.4 is 4.90 Å². The molecule has 0 saturated heterocycles. The zero-order valence-electron chi connectivity index (χ0n) is 20.6. The maximum atomic E-state index is 13.9. The topological polar surface area (TPSA) is 25.2 Å². The third-order valence-corrected chi connectivity index (χ3v) is 7.44. The molecule has 190 valence electrons. The molecule has 1 aliphatic heterocycles. The minimum absolute atomic E-state index is 0.0789. The van der Waals surface area contributed by atoms with E-state index < -0.39 is 11.7 Å². The van der Waals surface area contributed by atoms with E-state index >= 15 is 0 Å². The Morgan fingerprint density at radius 3 is 2.13 bits per heavy atom. The Bertz CT molecular complexity index is 1890. The van der Waals surface area contributed by atoms with Gasteiger partial charge in [0.25, 0.3) is 5.91 Å².